The molecule has 472 valence electrons. The summed E-state index contributed by atoms with van der Waals surface area (Å²) < 4.78 is 9.14. The third kappa shape index (κ3) is 15.2. The van der Waals surface area contributed by atoms with Crippen molar-refractivity contribution in [3.63, 3.8) is 0 Å². The highest BCUT2D eigenvalue weighted by Gasteiger charge is 2.35. The Balaban J connectivity index is 0.000000120. The molecule has 11 heterocycles. The summed E-state index contributed by atoms with van der Waals surface area (Å²) >= 11 is 24.5. The number of pyridine rings is 2. The summed E-state index contributed by atoms with van der Waals surface area (Å²) in [5.41, 5.74) is 5.19. The number of morpholine rings is 1. The first-order valence-corrected chi connectivity index (χ1v) is 31.5. The molecule has 0 spiro atoms. The van der Waals surface area contributed by atoms with Gasteiger partial charge in [-0.05, 0) is 159 Å². The first-order valence-electron chi connectivity index (χ1n) is 29.9. The van der Waals surface area contributed by atoms with Gasteiger partial charge in [0.25, 0.3) is 5.95 Å². The van der Waals surface area contributed by atoms with Crippen LogP contribution in [0, 0.1) is 0 Å². The molecule has 3 fully saturated rings. The van der Waals surface area contributed by atoms with E-state index in [0.717, 1.165) is 91.5 Å². The number of fused-ring (bicyclic) bond motifs is 4. The van der Waals surface area contributed by atoms with Crippen molar-refractivity contribution < 1.29 is 4.74 Å². The smallest absolute Gasteiger partial charge is 0.258 e. The molecule has 3 aliphatic rings. The molecule has 15 rings (SSSR count). The van der Waals surface area contributed by atoms with Crippen molar-refractivity contribution in [1.82, 2.24) is 94.3 Å². The van der Waals surface area contributed by atoms with Gasteiger partial charge in [0.05, 0.1) is 28.8 Å². The maximum atomic E-state index is 6.17. The van der Waals surface area contributed by atoms with Crippen LogP contribution < -0.4 is 29.4 Å². The van der Waals surface area contributed by atoms with Crippen LogP contribution in [0.1, 0.15) is 39.5 Å². The Kier molecular flexibility index (Phi) is 20.1. The lowest BCUT2D eigenvalue weighted by atomic mass is 10.2. The zero-order chi connectivity index (χ0) is 64.2. The van der Waals surface area contributed by atoms with E-state index >= 15 is 0 Å². The minimum absolute atomic E-state index is 0.0670. The zero-order valence-corrected chi connectivity index (χ0v) is 53.9. The van der Waals surface area contributed by atoms with Crippen LogP contribution in [0.25, 0.3) is 34.0 Å². The number of hydrogen-bond acceptors (Lipinski definition) is 24. The highest BCUT2D eigenvalue weighted by molar-refractivity contribution is 6.29. The molecule has 0 amide bonds. The van der Waals surface area contributed by atoms with Gasteiger partial charge in [0.15, 0.2) is 0 Å². The van der Waals surface area contributed by atoms with Crippen LogP contribution in [0.5, 0.6) is 0 Å². The fourth-order valence-electron chi connectivity index (χ4n) is 10.5. The van der Waals surface area contributed by atoms with Crippen molar-refractivity contribution in [2.24, 2.45) is 0 Å². The van der Waals surface area contributed by atoms with Crippen molar-refractivity contribution in [2.45, 2.75) is 51.7 Å². The number of imidazole rings is 1. The predicted octanol–water partition coefficient (Wildman–Crippen LogP) is 11.8. The van der Waals surface area contributed by atoms with Gasteiger partial charge in [-0.25, -0.2) is 19.9 Å². The monoisotopic (exact) mass is 1320 g/mol. The van der Waals surface area contributed by atoms with Crippen molar-refractivity contribution in [2.75, 3.05) is 82.8 Å². The molecule has 0 radical (unpaired) electrons. The minimum atomic E-state index is 0.0670. The number of hydrogen-bond donors (Lipinski definition) is 0. The maximum absolute atomic E-state index is 6.17. The van der Waals surface area contributed by atoms with Crippen molar-refractivity contribution in [3.8, 4) is 11.9 Å². The van der Waals surface area contributed by atoms with Gasteiger partial charge in [-0.15, -0.1) is 5.10 Å². The standard InChI is InChI=1S/C17H18ClN7.C17H16ClN5.C16H9ClN8.C13H18ClN5O/c1-3-24(4-2)16-21-15(18)22-17(23-16)25(13-9-5-7-11-19-13)14-10-6-8-12-20-14;1-22(13-9-5-3-6-10-13)16-19-15(18)20-17(21-16)23(2)14-11-7-4-8-12-14;17-14-19-15(24-9-18-10-5-1-3-7-12(10)24)21-16(20-14)25-13-8-4-2-6-11(13)22-23-25;14-11-15-12(18-5-1-2-6-18)17-13(16-11)19-7-9-3-4-10(8-19)20-9/h5-12H,3-4H2,1-2H3;3-12H,1-2H3;1-9H;9-10H,1-8H2. The SMILES string of the molecule is CCN(CC)c1nc(Cl)nc(N(c2ccccn2)c2ccccn2)n1.CN(c1ccccc1)c1nc(Cl)nc(N(C)c2ccccc2)n1.Clc1nc(-n2cnc3ccccc32)nc(-n2nnc3ccccc32)n1.Clc1nc(N2CCCC2)nc(N2CC3CCC(C2)O3)n1. The third-order valence-electron chi connectivity index (χ3n) is 15.2. The van der Waals surface area contributed by atoms with Crippen molar-refractivity contribution in [1.29, 1.82) is 0 Å². The van der Waals surface area contributed by atoms with E-state index in [1.807, 2.05) is 188 Å². The van der Waals surface area contributed by atoms with Crippen LogP contribution in [0.3, 0.4) is 0 Å². The number of benzene rings is 4. The highest BCUT2D eigenvalue weighted by Crippen LogP contribution is 2.33. The quantitative estimate of drug-likeness (QED) is 0.0980. The Morgan fingerprint density at radius 1 is 0.452 bits per heavy atom. The molecule has 3 aliphatic heterocycles. The van der Waals surface area contributed by atoms with Crippen LogP contribution in [0.2, 0.25) is 21.1 Å². The lowest BCUT2D eigenvalue weighted by molar-refractivity contribution is 0.0299. The van der Waals surface area contributed by atoms with E-state index in [9.17, 15) is 0 Å². The molecular formula is C63H61Cl4N25O. The van der Waals surface area contributed by atoms with Gasteiger partial charge in [-0.3, -0.25) is 4.57 Å². The first kappa shape index (κ1) is 63.2. The molecule has 0 aliphatic carbocycles. The molecule has 2 unspecified atom stereocenters. The molecule has 0 saturated carbocycles. The van der Waals surface area contributed by atoms with E-state index in [1.54, 1.807) is 28.2 Å². The molecule has 12 aromatic rings. The summed E-state index contributed by atoms with van der Waals surface area (Å²) in [6.07, 6.45) is 10.4. The number of halogens is 4. The van der Waals surface area contributed by atoms with Gasteiger partial charge in [0.2, 0.25) is 62.8 Å². The number of rotatable bonds is 14. The topological polar surface area (TPSA) is 258 Å². The number of para-hydroxylation sites is 5. The van der Waals surface area contributed by atoms with E-state index in [-0.39, 0.29) is 21.1 Å². The van der Waals surface area contributed by atoms with E-state index in [0.29, 0.717) is 65.5 Å². The Labute approximate surface area is 555 Å². The minimum Gasteiger partial charge on any atom is -0.371 e. The second-order valence-corrected chi connectivity index (χ2v) is 22.5. The number of nitrogens with zero attached hydrogens (tertiary/aromatic N) is 25. The lowest BCUT2D eigenvalue weighted by Gasteiger charge is -2.32. The van der Waals surface area contributed by atoms with Gasteiger partial charge in [0.1, 0.15) is 23.5 Å². The molecule has 26 nitrogen and oxygen atoms in total. The maximum Gasteiger partial charge on any atom is 0.258 e. The number of anilines is 10. The van der Waals surface area contributed by atoms with Crippen molar-refractivity contribution in [3.05, 3.63) is 185 Å². The average Bonchev–Trinajstić information content (AvgIpc) is 1.76. The number of ether oxygens (including phenoxy) is 1. The molecule has 0 N–H and O–H groups in total. The Morgan fingerprint density at radius 2 is 0.925 bits per heavy atom. The Hall–Kier alpha value is -9.99. The first-order chi connectivity index (χ1) is 45.4. The van der Waals surface area contributed by atoms with E-state index < -0.39 is 0 Å². The number of aromatic nitrogens is 19. The lowest BCUT2D eigenvalue weighted by Crippen LogP contribution is -2.43. The largest absolute Gasteiger partial charge is 0.371 e. The molecule has 2 atom stereocenters. The summed E-state index contributed by atoms with van der Waals surface area (Å²) in [4.78, 5) is 77.3. The molecule has 8 aromatic heterocycles. The second-order valence-electron chi connectivity index (χ2n) is 21.1. The van der Waals surface area contributed by atoms with Crippen LogP contribution >= 0.6 is 46.4 Å². The molecule has 93 heavy (non-hydrogen) atoms. The summed E-state index contributed by atoms with van der Waals surface area (Å²) in [5.74, 6) is 5.26. The van der Waals surface area contributed by atoms with Gasteiger partial charge in [0, 0.05) is 77.1 Å². The van der Waals surface area contributed by atoms with Crippen LogP contribution in [0.15, 0.2) is 164 Å². The van der Waals surface area contributed by atoms with Crippen LogP contribution in [-0.2, 0) is 4.74 Å². The summed E-state index contributed by atoms with van der Waals surface area (Å²) in [6, 6.07) is 46.2. The predicted molar refractivity (Wildman–Crippen MR) is 361 cm³/mol. The fraction of sp³-hybridized carbons (Fsp3) is 0.254. The summed E-state index contributed by atoms with van der Waals surface area (Å²) in [6.45, 7) is 9.34. The van der Waals surface area contributed by atoms with Crippen LogP contribution in [-0.4, -0.2) is 160 Å². The average molecular weight is 1330 g/mol. The second kappa shape index (κ2) is 29.5. The van der Waals surface area contributed by atoms with Crippen LogP contribution in [0.4, 0.5) is 58.7 Å². The Bertz CT molecular complexity index is 4210. The van der Waals surface area contributed by atoms with Gasteiger partial charge in [-0.1, -0.05) is 78.0 Å². The Morgan fingerprint density at radius 3 is 1.51 bits per heavy atom. The van der Waals surface area contributed by atoms with E-state index in [1.165, 1.54) is 17.5 Å². The highest BCUT2D eigenvalue weighted by atomic mass is 35.5. The summed E-state index contributed by atoms with van der Waals surface area (Å²) in [5, 5.41) is 8.88. The molecule has 3 saturated heterocycles. The normalized spacial score (nSPS) is 14.8. The van der Waals surface area contributed by atoms with E-state index in [4.69, 9.17) is 51.1 Å². The zero-order valence-electron chi connectivity index (χ0n) is 50.9. The third-order valence-corrected chi connectivity index (χ3v) is 15.8. The van der Waals surface area contributed by atoms with Gasteiger partial charge >= 0.3 is 0 Å². The summed E-state index contributed by atoms with van der Waals surface area (Å²) in [7, 11) is 3.79. The fourth-order valence-corrected chi connectivity index (χ4v) is 11.1. The molecule has 30 heteroatoms. The van der Waals surface area contributed by atoms with Gasteiger partial charge < -0.3 is 29.2 Å². The molecule has 4 aromatic carbocycles. The van der Waals surface area contributed by atoms with E-state index in [2.05, 4.69) is 94.9 Å². The molecular weight excluding hydrogens is 1260 g/mol. The molecule has 2 bridgehead atoms. The van der Waals surface area contributed by atoms with Crippen molar-refractivity contribution >= 4 is 127 Å². The van der Waals surface area contributed by atoms with Gasteiger partial charge in [-0.2, -0.15) is 64.5 Å².